The maximum Gasteiger partial charge on any atom is 0.325 e. The predicted octanol–water partition coefficient (Wildman–Crippen LogP) is 2.94. The van der Waals surface area contributed by atoms with Crippen LogP contribution in [0.5, 0.6) is 0 Å². The third-order valence-corrected chi connectivity index (χ3v) is 7.06. The van der Waals surface area contributed by atoms with Gasteiger partial charge >= 0.3 is 5.97 Å². The van der Waals surface area contributed by atoms with E-state index in [2.05, 4.69) is 27.0 Å². The second kappa shape index (κ2) is 10.9. The van der Waals surface area contributed by atoms with Gasteiger partial charge in [-0.15, -0.1) is 0 Å². The Hall–Kier alpha value is -3.01. The molecule has 192 valence electrons. The number of aryl methyl sites for hydroxylation is 1. The molecule has 9 nitrogen and oxygen atoms in total. The molecule has 5 rings (SSSR count). The molecule has 36 heavy (non-hydrogen) atoms. The van der Waals surface area contributed by atoms with Crippen LogP contribution in [0.2, 0.25) is 0 Å². The molecule has 1 aliphatic heterocycles. The lowest BCUT2D eigenvalue weighted by Crippen LogP contribution is -2.42. The number of fused-ring (bicyclic) bond motifs is 1. The summed E-state index contributed by atoms with van der Waals surface area (Å²) in [6.07, 6.45) is 5.85. The van der Waals surface area contributed by atoms with Crippen LogP contribution in [0.15, 0.2) is 35.3 Å². The standard InChI is InChI=1S/C27H34N4O5/c1-17-9-20(12-29-26(17)32)25-30-22-10-18(7-8-24(22)31(25)13-19-14-35-15-19)11-28-23(16-34-2)27(33)36-21-5-3-4-6-21/h7-10,12,19,21,23,28H,3-6,11,13-16H2,1-2H3,(H,29,32)/t23-/m0/s1. The van der Waals surface area contributed by atoms with Gasteiger partial charge in [0.05, 0.1) is 30.9 Å². The number of nitrogens with one attached hydrogen (secondary N) is 2. The summed E-state index contributed by atoms with van der Waals surface area (Å²) in [5.74, 6) is 0.998. The van der Waals surface area contributed by atoms with Crippen LogP contribution in [-0.2, 0) is 32.1 Å². The van der Waals surface area contributed by atoms with E-state index < -0.39 is 6.04 Å². The number of rotatable bonds is 10. The van der Waals surface area contributed by atoms with Crippen LogP contribution in [0.1, 0.15) is 36.8 Å². The highest BCUT2D eigenvalue weighted by atomic mass is 16.5. The summed E-state index contributed by atoms with van der Waals surface area (Å²) in [5.41, 5.74) is 4.33. The zero-order valence-corrected chi connectivity index (χ0v) is 20.9. The van der Waals surface area contributed by atoms with Crippen molar-refractivity contribution in [2.45, 2.75) is 57.8 Å². The monoisotopic (exact) mass is 494 g/mol. The van der Waals surface area contributed by atoms with Crippen molar-refractivity contribution in [1.29, 1.82) is 0 Å². The van der Waals surface area contributed by atoms with Crippen LogP contribution in [0.25, 0.3) is 22.4 Å². The number of imidazole rings is 1. The van der Waals surface area contributed by atoms with Gasteiger partial charge in [0.2, 0.25) is 0 Å². The molecular weight excluding hydrogens is 460 g/mol. The number of aromatic amines is 1. The number of benzene rings is 1. The first kappa shape index (κ1) is 24.7. The molecule has 2 N–H and O–H groups in total. The molecule has 3 aromatic rings. The van der Waals surface area contributed by atoms with Gasteiger partial charge in [0.25, 0.3) is 5.56 Å². The van der Waals surface area contributed by atoms with Gasteiger partial charge in [0, 0.05) is 43.4 Å². The van der Waals surface area contributed by atoms with E-state index in [-0.39, 0.29) is 24.2 Å². The number of aromatic nitrogens is 3. The zero-order chi connectivity index (χ0) is 25.1. The number of hydrogen-bond acceptors (Lipinski definition) is 7. The van der Waals surface area contributed by atoms with Gasteiger partial charge < -0.3 is 23.8 Å². The number of pyridine rings is 1. The fourth-order valence-electron chi connectivity index (χ4n) is 4.94. The number of methoxy groups -OCH3 is 1. The minimum absolute atomic E-state index is 0.0232. The molecule has 1 atom stereocenters. The molecule has 0 amide bonds. The van der Waals surface area contributed by atoms with Crippen molar-refractivity contribution in [3.05, 3.63) is 51.9 Å². The molecule has 1 saturated heterocycles. The molecule has 1 aliphatic carbocycles. The average Bonchev–Trinajstić information content (AvgIpc) is 3.48. The quantitative estimate of drug-likeness (QED) is 0.417. The minimum Gasteiger partial charge on any atom is -0.461 e. The fraction of sp³-hybridized carbons (Fsp3) is 0.519. The SMILES string of the molecule is COC[C@H](NCc1ccc2c(c1)nc(-c1c[nH]c(=O)c(C)c1)n2CC1COC1)C(=O)OC1CCCC1. The van der Waals surface area contributed by atoms with E-state index in [1.54, 1.807) is 20.2 Å². The topological polar surface area (TPSA) is 107 Å². The van der Waals surface area contributed by atoms with Crippen molar-refractivity contribution in [2.75, 3.05) is 26.9 Å². The first-order valence-electron chi connectivity index (χ1n) is 12.7. The van der Waals surface area contributed by atoms with Crippen LogP contribution in [0.4, 0.5) is 0 Å². The maximum atomic E-state index is 12.7. The van der Waals surface area contributed by atoms with Crippen LogP contribution in [0.3, 0.4) is 0 Å². The van der Waals surface area contributed by atoms with Gasteiger partial charge in [0.1, 0.15) is 18.0 Å². The number of carbonyl (C=O) groups excluding carboxylic acids is 1. The maximum absolute atomic E-state index is 12.7. The van der Waals surface area contributed by atoms with Crippen molar-refractivity contribution in [1.82, 2.24) is 19.9 Å². The van der Waals surface area contributed by atoms with Gasteiger partial charge in [-0.2, -0.15) is 0 Å². The first-order chi connectivity index (χ1) is 17.5. The molecule has 0 spiro atoms. The fourth-order valence-corrected chi connectivity index (χ4v) is 4.94. The Labute approximate surface area is 210 Å². The molecular formula is C27H34N4O5. The number of esters is 1. The van der Waals surface area contributed by atoms with Crippen LogP contribution >= 0.6 is 0 Å². The summed E-state index contributed by atoms with van der Waals surface area (Å²) in [5, 5.41) is 3.30. The number of H-pyrrole nitrogens is 1. The van der Waals surface area contributed by atoms with Crippen molar-refractivity contribution in [3.8, 4) is 11.4 Å². The second-order valence-electron chi connectivity index (χ2n) is 9.91. The van der Waals surface area contributed by atoms with Gasteiger partial charge in [-0.05, 0) is 56.4 Å². The highest BCUT2D eigenvalue weighted by molar-refractivity contribution is 5.81. The molecule has 3 heterocycles. The van der Waals surface area contributed by atoms with Gasteiger partial charge in [-0.3, -0.25) is 14.9 Å². The van der Waals surface area contributed by atoms with Crippen molar-refractivity contribution in [3.63, 3.8) is 0 Å². The number of hydrogen-bond donors (Lipinski definition) is 2. The summed E-state index contributed by atoms with van der Waals surface area (Å²) < 4.78 is 18.6. The van der Waals surface area contributed by atoms with Gasteiger partial charge in [-0.1, -0.05) is 6.07 Å². The molecule has 0 bridgehead atoms. The third kappa shape index (κ3) is 5.38. The molecule has 0 unspecified atom stereocenters. The smallest absolute Gasteiger partial charge is 0.325 e. The lowest BCUT2D eigenvalue weighted by Gasteiger charge is -2.27. The molecule has 1 aromatic carbocycles. The van der Waals surface area contributed by atoms with Crippen LogP contribution in [0, 0.1) is 12.8 Å². The van der Waals surface area contributed by atoms with E-state index in [1.165, 1.54) is 0 Å². The normalized spacial score (nSPS) is 17.4. The van der Waals surface area contributed by atoms with Gasteiger partial charge in [0.15, 0.2) is 0 Å². The second-order valence-corrected chi connectivity index (χ2v) is 9.91. The van der Waals surface area contributed by atoms with Crippen molar-refractivity contribution < 1.29 is 19.0 Å². The van der Waals surface area contributed by atoms with E-state index in [1.807, 2.05) is 12.1 Å². The van der Waals surface area contributed by atoms with E-state index >= 15 is 0 Å². The summed E-state index contributed by atoms with van der Waals surface area (Å²) >= 11 is 0. The van der Waals surface area contributed by atoms with E-state index in [4.69, 9.17) is 19.2 Å². The lowest BCUT2D eigenvalue weighted by molar-refractivity contribution is -0.152. The summed E-state index contributed by atoms with van der Waals surface area (Å²) in [7, 11) is 1.59. The Morgan fingerprint density at radius 2 is 2.08 bits per heavy atom. The van der Waals surface area contributed by atoms with E-state index in [9.17, 15) is 9.59 Å². The molecule has 2 fully saturated rings. The molecule has 2 aliphatic rings. The Bertz CT molecular complexity index is 1270. The van der Waals surface area contributed by atoms with Gasteiger partial charge in [-0.25, -0.2) is 4.98 Å². The number of nitrogens with zero attached hydrogens (tertiary/aromatic N) is 2. The summed E-state index contributed by atoms with van der Waals surface area (Å²) in [4.78, 5) is 32.4. The number of carbonyl (C=O) groups is 1. The summed E-state index contributed by atoms with van der Waals surface area (Å²) in [6.45, 7) is 4.81. The highest BCUT2D eigenvalue weighted by Crippen LogP contribution is 2.28. The zero-order valence-electron chi connectivity index (χ0n) is 20.9. The van der Waals surface area contributed by atoms with E-state index in [0.29, 0.717) is 18.0 Å². The Morgan fingerprint density at radius 1 is 1.28 bits per heavy atom. The average molecular weight is 495 g/mol. The molecule has 2 aromatic heterocycles. The molecule has 0 radical (unpaired) electrons. The largest absolute Gasteiger partial charge is 0.461 e. The van der Waals surface area contributed by atoms with Crippen LogP contribution in [-0.4, -0.2) is 59.6 Å². The van der Waals surface area contributed by atoms with E-state index in [0.717, 1.165) is 73.4 Å². The van der Waals surface area contributed by atoms with Crippen LogP contribution < -0.4 is 10.9 Å². The molecule has 9 heteroatoms. The third-order valence-electron chi connectivity index (χ3n) is 7.06. The Morgan fingerprint density at radius 3 is 2.78 bits per heavy atom. The van der Waals surface area contributed by atoms with Crippen molar-refractivity contribution >= 4 is 17.0 Å². The lowest BCUT2D eigenvalue weighted by atomic mass is 10.1. The minimum atomic E-state index is -0.526. The number of ether oxygens (including phenoxy) is 3. The first-order valence-corrected chi connectivity index (χ1v) is 12.7. The Kier molecular flexibility index (Phi) is 7.50. The molecule has 1 saturated carbocycles. The highest BCUT2D eigenvalue weighted by Gasteiger charge is 2.26. The van der Waals surface area contributed by atoms with Crippen molar-refractivity contribution in [2.24, 2.45) is 5.92 Å². The predicted molar refractivity (Wildman–Crippen MR) is 136 cm³/mol. The summed E-state index contributed by atoms with van der Waals surface area (Å²) in [6, 6.07) is 7.52. The Balaban J connectivity index is 1.37.